The van der Waals surface area contributed by atoms with E-state index in [1.807, 2.05) is 11.3 Å². The Bertz CT molecular complexity index is 340. The summed E-state index contributed by atoms with van der Waals surface area (Å²) in [6.45, 7) is 13.5. The Labute approximate surface area is 116 Å². The van der Waals surface area contributed by atoms with Crippen molar-refractivity contribution in [2.75, 3.05) is 13.1 Å². The molecule has 0 radical (unpaired) electrons. The maximum absolute atomic E-state index is 4.38. The second-order valence-electron chi connectivity index (χ2n) is 5.75. The highest BCUT2D eigenvalue weighted by molar-refractivity contribution is 7.11. The highest BCUT2D eigenvalue weighted by Crippen LogP contribution is 2.32. The fourth-order valence-electron chi connectivity index (χ4n) is 2.30. The van der Waals surface area contributed by atoms with E-state index in [1.165, 1.54) is 22.7 Å². The molecule has 0 aliphatic carbocycles. The molecule has 1 aromatic rings. The van der Waals surface area contributed by atoms with Crippen LogP contribution in [0.25, 0.3) is 0 Å². The Kier molecular flexibility index (Phi) is 6.30. The van der Waals surface area contributed by atoms with E-state index in [2.05, 4.69) is 51.1 Å². The van der Waals surface area contributed by atoms with Gasteiger partial charge in [0.05, 0.1) is 5.01 Å². The van der Waals surface area contributed by atoms with Gasteiger partial charge < -0.3 is 5.32 Å². The Hall–Kier alpha value is -0.410. The SMILES string of the molecule is CCC(CC)(CNCC(C)C)Cc1cnc(C)s1. The van der Waals surface area contributed by atoms with Crippen LogP contribution in [0.1, 0.15) is 50.4 Å². The monoisotopic (exact) mass is 268 g/mol. The average Bonchev–Trinajstić information content (AvgIpc) is 2.73. The van der Waals surface area contributed by atoms with Crippen molar-refractivity contribution < 1.29 is 0 Å². The molecule has 0 unspecified atom stereocenters. The van der Waals surface area contributed by atoms with Gasteiger partial charge in [-0.15, -0.1) is 11.3 Å². The van der Waals surface area contributed by atoms with Crippen LogP contribution in [0.15, 0.2) is 6.20 Å². The van der Waals surface area contributed by atoms with E-state index in [4.69, 9.17) is 0 Å². The van der Waals surface area contributed by atoms with E-state index >= 15 is 0 Å². The minimum Gasteiger partial charge on any atom is -0.316 e. The normalized spacial score (nSPS) is 12.3. The summed E-state index contributed by atoms with van der Waals surface area (Å²) in [5.41, 5.74) is 0.397. The first-order chi connectivity index (χ1) is 8.51. The number of thiazole rings is 1. The molecule has 0 aromatic carbocycles. The summed E-state index contributed by atoms with van der Waals surface area (Å²) < 4.78 is 0. The molecule has 0 bridgehead atoms. The zero-order valence-electron chi connectivity index (χ0n) is 12.5. The van der Waals surface area contributed by atoms with Gasteiger partial charge in [-0.3, -0.25) is 0 Å². The van der Waals surface area contributed by atoms with Crippen molar-refractivity contribution in [1.82, 2.24) is 10.3 Å². The molecule has 0 saturated heterocycles. The van der Waals surface area contributed by atoms with Gasteiger partial charge in [0.2, 0.25) is 0 Å². The predicted octanol–water partition coefficient (Wildman–Crippen LogP) is 4.05. The summed E-state index contributed by atoms with van der Waals surface area (Å²) in [5.74, 6) is 0.724. The third-order valence-corrected chi connectivity index (χ3v) is 4.68. The van der Waals surface area contributed by atoms with Crippen molar-refractivity contribution >= 4 is 11.3 Å². The van der Waals surface area contributed by atoms with Crippen LogP contribution < -0.4 is 5.32 Å². The lowest BCUT2D eigenvalue weighted by Crippen LogP contribution is -2.36. The van der Waals surface area contributed by atoms with Gasteiger partial charge in [-0.05, 0) is 44.1 Å². The Balaban J connectivity index is 2.61. The van der Waals surface area contributed by atoms with Crippen LogP contribution in [0.3, 0.4) is 0 Å². The van der Waals surface area contributed by atoms with Crippen LogP contribution in [-0.4, -0.2) is 18.1 Å². The van der Waals surface area contributed by atoms with E-state index < -0.39 is 0 Å². The van der Waals surface area contributed by atoms with Crippen LogP contribution in [0.2, 0.25) is 0 Å². The molecule has 18 heavy (non-hydrogen) atoms. The van der Waals surface area contributed by atoms with Crippen LogP contribution in [-0.2, 0) is 6.42 Å². The fraction of sp³-hybridized carbons (Fsp3) is 0.800. The summed E-state index contributed by atoms with van der Waals surface area (Å²) in [7, 11) is 0. The quantitative estimate of drug-likeness (QED) is 0.769. The molecule has 0 fully saturated rings. The zero-order chi connectivity index (χ0) is 13.6. The smallest absolute Gasteiger partial charge is 0.0896 e. The van der Waals surface area contributed by atoms with Crippen LogP contribution >= 0.6 is 11.3 Å². The lowest BCUT2D eigenvalue weighted by atomic mass is 9.78. The Morgan fingerprint density at radius 1 is 1.33 bits per heavy atom. The van der Waals surface area contributed by atoms with Gasteiger partial charge in [0.15, 0.2) is 0 Å². The first-order valence-corrected chi connectivity index (χ1v) is 7.95. The van der Waals surface area contributed by atoms with E-state index in [0.717, 1.165) is 25.4 Å². The molecule has 2 nitrogen and oxygen atoms in total. The van der Waals surface area contributed by atoms with E-state index in [-0.39, 0.29) is 0 Å². The molecule has 1 N–H and O–H groups in total. The van der Waals surface area contributed by atoms with Crippen molar-refractivity contribution in [2.24, 2.45) is 11.3 Å². The Morgan fingerprint density at radius 2 is 2.00 bits per heavy atom. The number of aromatic nitrogens is 1. The summed E-state index contributed by atoms with van der Waals surface area (Å²) >= 11 is 1.85. The van der Waals surface area contributed by atoms with Gasteiger partial charge >= 0.3 is 0 Å². The number of nitrogens with zero attached hydrogens (tertiary/aromatic N) is 1. The topological polar surface area (TPSA) is 24.9 Å². The summed E-state index contributed by atoms with van der Waals surface area (Å²) in [4.78, 5) is 5.81. The van der Waals surface area contributed by atoms with Gasteiger partial charge in [-0.1, -0.05) is 27.7 Å². The minimum atomic E-state index is 0.397. The lowest BCUT2D eigenvalue weighted by Gasteiger charge is -2.32. The molecule has 0 spiro atoms. The highest BCUT2D eigenvalue weighted by atomic mass is 32.1. The summed E-state index contributed by atoms with van der Waals surface area (Å²) in [6.07, 6.45) is 5.68. The van der Waals surface area contributed by atoms with Gasteiger partial charge in [0.1, 0.15) is 0 Å². The molecule has 1 aromatic heterocycles. The van der Waals surface area contributed by atoms with Gasteiger partial charge in [-0.2, -0.15) is 0 Å². The van der Waals surface area contributed by atoms with Gasteiger partial charge in [-0.25, -0.2) is 4.98 Å². The molecule has 0 amide bonds. The number of nitrogens with one attached hydrogen (secondary N) is 1. The second-order valence-corrected chi connectivity index (χ2v) is 7.07. The molecular formula is C15H28N2S. The maximum atomic E-state index is 4.38. The van der Waals surface area contributed by atoms with E-state index in [9.17, 15) is 0 Å². The summed E-state index contributed by atoms with van der Waals surface area (Å²) in [6, 6.07) is 0. The molecular weight excluding hydrogens is 240 g/mol. The van der Waals surface area contributed by atoms with E-state index in [0.29, 0.717) is 5.41 Å². The van der Waals surface area contributed by atoms with Crippen molar-refractivity contribution in [3.8, 4) is 0 Å². The molecule has 3 heteroatoms. The minimum absolute atomic E-state index is 0.397. The standard InChI is InChI=1S/C15H28N2S/c1-6-15(7-2,11-16-9-12(3)4)8-14-10-17-13(5)18-14/h10,12,16H,6-9,11H2,1-5H3. The Morgan fingerprint density at radius 3 is 2.44 bits per heavy atom. The lowest BCUT2D eigenvalue weighted by molar-refractivity contribution is 0.244. The first kappa shape index (κ1) is 15.6. The van der Waals surface area contributed by atoms with Crippen molar-refractivity contribution in [3.05, 3.63) is 16.1 Å². The van der Waals surface area contributed by atoms with Crippen molar-refractivity contribution in [1.29, 1.82) is 0 Å². The van der Waals surface area contributed by atoms with Crippen LogP contribution in [0.4, 0.5) is 0 Å². The molecule has 0 saturated carbocycles. The highest BCUT2D eigenvalue weighted by Gasteiger charge is 2.27. The average molecular weight is 268 g/mol. The molecule has 1 heterocycles. The maximum Gasteiger partial charge on any atom is 0.0896 e. The fourth-order valence-corrected chi connectivity index (χ4v) is 3.26. The molecule has 0 atom stereocenters. The number of hydrogen-bond acceptors (Lipinski definition) is 3. The molecule has 1 rings (SSSR count). The van der Waals surface area contributed by atoms with Crippen LogP contribution in [0, 0.1) is 18.3 Å². The first-order valence-electron chi connectivity index (χ1n) is 7.13. The van der Waals surface area contributed by atoms with Gasteiger partial charge in [0.25, 0.3) is 0 Å². The number of aryl methyl sites for hydroxylation is 1. The largest absolute Gasteiger partial charge is 0.316 e. The molecule has 104 valence electrons. The molecule has 0 aliphatic heterocycles. The predicted molar refractivity (Wildman–Crippen MR) is 81.3 cm³/mol. The zero-order valence-corrected chi connectivity index (χ0v) is 13.4. The van der Waals surface area contributed by atoms with Crippen LogP contribution in [0.5, 0.6) is 0 Å². The summed E-state index contributed by atoms with van der Waals surface area (Å²) in [5, 5.41) is 4.82. The molecule has 0 aliphatic rings. The third kappa shape index (κ3) is 4.69. The number of hydrogen-bond donors (Lipinski definition) is 1. The number of rotatable bonds is 8. The van der Waals surface area contributed by atoms with Gasteiger partial charge in [0, 0.05) is 17.6 Å². The second kappa shape index (κ2) is 7.25. The van der Waals surface area contributed by atoms with E-state index in [1.54, 1.807) is 0 Å². The van der Waals surface area contributed by atoms with Crippen molar-refractivity contribution in [2.45, 2.75) is 53.9 Å². The third-order valence-electron chi connectivity index (χ3n) is 3.77. The van der Waals surface area contributed by atoms with Crippen molar-refractivity contribution in [3.63, 3.8) is 0 Å².